The summed E-state index contributed by atoms with van der Waals surface area (Å²) in [6, 6.07) is 0. The number of carboxylic acid groups (broad SMARTS) is 1. The second-order valence-corrected chi connectivity index (χ2v) is 18.1. The number of nitrogens with zero attached hydrogens (tertiary/aromatic N) is 1. The van der Waals surface area contributed by atoms with Crippen LogP contribution in [0.2, 0.25) is 0 Å². The number of hydrogen-bond acceptors (Lipinski definition) is 8. The largest absolute Gasteiger partial charge is 0.545 e. The fourth-order valence-electron chi connectivity index (χ4n) is 6.69. The fourth-order valence-corrected chi connectivity index (χ4v) is 6.69. The smallest absolute Gasteiger partial charge is 0.306 e. The van der Waals surface area contributed by atoms with Crippen molar-refractivity contribution in [3.8, 4) is 0 Å². The normalized spacial score (nSPS) is 13.6. The van der Waals surface area contributed by atoms with Crippen LogP contribution in [0.15, 0.2) is 85.1 Å². The molecule has 2 atom stereocenters. The molecule has 2 unspecified atom stereocenters. The molecular weight excluding hydrogens is 815 g/mol. The Hall–Kier alpha value is -3.53. The Kier molecular flexibility index (Phi) is 44.4. The van der Waals surface area contributed by atoms with Crippen LogP contribution in [0.1, 0.15) is 194 Å². The molecule has 0 aromatic heterocycles. The molecule has 0 rings (SSSR count). The van der Waals surface area contributed by atoms with Gasteiger partial charge in [-0.2, -0.15) is 0 Å². The van der Waals surface area contributed by atoms with Crippen LogP contribution in [0.3, 0.4) is 0 Å². The third-order valence-electron chi connectivity index (χ3n) is 10.7. The van der Waals surface area contributed by atoms with Crippen molar-refractivity contribution in [2.45, 2.75) is 206 Å². The SMILES string of the molecule is CC/C=C\C/C=C\C/C=C\C/C=C\C/C=C\C/C=C\C/C=C\CCCCCCCCCC(=O)OC(COC(=O)CCCCCCCCCCCCC)COC(OCC[N+](C)(C)C)C(=O)[O-]. The van der Waals surface area contributed by atoms with Gasteiger partial charge in [0.05, 0.1) is 40.3 Å². The third kappa shape index (κ3) is 48.2. The Labute approximate surface area is 398 Å². The summed E-state index contributed by atoms with van der Waals surface area (Å²) in [6.07, 6.45) is 57.6. The zero-order valence-corrected chi connectivity index (χ0v) is 42.1. The number of hydrogen-bond donors (Lipinski definition) is 0. The molecule has 0 aliphatic rings. The van der Waals surface area contributed by atoms with Crippen molar-refractivity contribution in [3.63, 3.8) is 0 Å². The molecule has 0 aromatic rings. The highest BCUT2D eigenvalue weighted by atomic mass is 16.7. The van der Waals surface area contributed by atoms with Crippen molar-refractivity contribution < 1.29 is 42.9 Å². The molecule has 0 amide bonds. The van der Waals surface area contributed by atoms with Gasteiger partial charge in [-0.3, -0.25) is 9.59 Å². The van der Waals surface area contributed by atoms with Crippen LogP contribution < -0.4 is 5.11 Å². The van der Waals surface area contributed by atoms with E-state index in [1.165, 1.54) is 70.6 Å². The Morgan fingerprint density at radius 2 is 0.877 bits per heavy atom. The minimum Gasteiger partial charge on any atom is -0.545 e. The van der Waals surface area contributed by atoms with Crippen molar-refractivity contribution in [1.29, 1.82) is 0 Å². The second kappa shape index (κ2) is 47.0. The van der Waals surface area contributed by atoms with E-state index in [9.17, 15) is 19.5 Å². The lowest BCUT2D eigenvalue weighted by molar-refractivity contribution is -0.870. The molecule has 0 bridgehead atoms. The topological polar surface area (TPSA) is 111 Å². The summed E-state index contributed by atoms with van der Waals surface area (Å²) < 4.78 is 22.6. The number of quaternary nitrogens is 1. The van der Waals surface area contributed by atoms with Gasteiger partial charge in [-0.05, 0) is 70.6 Å². The first-order valence-electron chi connectivity index (χ1n) is 25.7. The van der Waals surface area contributed by atoms with Gasteiger partial charge in [-0.15, -0.1) is 0 Å². The van der Waals surface area contributed by atoms with Crippen molar-refractivity contribution in [2.24, 2.45) is 0 Å². The third-order valence-corrected chi connectivity index (χ3v) is 10.7. The van der Waals surface area contributed by atoms with Gasteiger partial charge in [0.1, 0.15) is 13.2 Å². The predicted octanol–water partition coefficient (Wildman–Crippen LogP) is 13.1. The molecule has 0 fully saturated rings. The number of carbonyl (C=O) groups excluding carboxylic acids is 3. The minimum atomic E-state index is -1.63. The van der Waals surface area contributed by atoms with Crippen molar-refractivity contribution >= 4 is 17.9 Å². The van der Waals surface area contributed by atoms with E-state index in [0.29, 0.717) is 17.4 Å². The highest BCUT2D eigenvalue weighted by Crippen LogP contribution is 2.14. The number of ether oxygens (including phenoxy) is 4. The van der Waals surface area contributed by atoms with E-state index in [4.69, 9.17) is 18.9 Å². The molecule has 0 saturated heterocycles. The van der Waals surface area contributed by atoms with Crippen LogP contribution in [-0.4, -0.2) is 82.3 Å². The number of rotatable bonds is 46. The van der Waals surface area contributed by atoms with Gasteiger partial charge in [-0.1, -0.05) is 195 Å². The van der Waals surface area contributed by atoms with E-state index in [1.807, 2.05) is 21.1 Å². The second-order valence-electron chi connectivity index (χ2n) is 18.1. The molecule has 0 aliphatic carbocycles. The van der Waals surface area contributed by atoms with Crippen LogP contribution >= 0.6 is 0 Å². The van der Waals surface area contributed by atoms with Gasteiger partial charge >= 0.3 is 11.9 Å². The molecule has 65 heavy (non-hydrogen) atoms. The number of carboxylic acids is 1. The van der Waals surface area contributed by atoms with Gasteiger partial charge in [-0.25, -0.2) is 0 Å². The maximum atomic E-state index is 12.8. The van der Waals surface area contributed by atoms with Gasteiger partial charge < -0.3 is 33.3 Å². The van der Waals surface area contributed by atoms with Crippen LogP contribution in [0.25, 0.3) is 0 Å². The average molecular weight is 910 g/mol. The predicted molar refractivity (Wildman–Crippen MR) is 269 cm³/mol. The lowest BCUT2D eigenvalue weighted by atomic mass is 10.1. The van der Waals surface area contributed by atoms with Gasteiger partial charge in [0, 0.05) is 12.8 Å². The van der Waals surface area contributed by atoms with Gasteiger partial charge in [0.2, 0.25) is 0 Å². The number of allylic oxidation sites excluding steroid dienone is 14. The van der Waals surface area contributed by atoms with E-state index in [0.717, 1.165) is 89.9 Å². The zero-order chi connectivity index (χ0) is 47.7. The van der Waals surface area contributed by atoms with Crippen LogP contribution in [0, 0.1) is 0 Å². The summed E-state index contributed by atoms with van der Waals surface area (Å²) in [6.45, 7) is 4.59. The van der Waals surface area contributed by atoms with E-state index in [-0.39, 0.29) is 38.6 Å². The van der Waals surface area contributed by atoms with Crippen molar-refractivity contribution in [1.82, 2.24) is 0 Å². The van der Waals surface area contributed by atoms with Crippen LogP contribution in [0.5, 0.6) is 0 Å². The number of unbranched alkanes of at least 4 members (excludes halogenated alkanes) is 17. The first-order chi connectivity index (χ1) is 31.6. The van der Waals surface area contributed by atoms with Crippen molar-refractivity contribution in [3.05, 3.63) is 85.1 Å². The fraction of sp³-hybridized carbons (Fsp3) is 0.696. The molecular formula is C56H95NO8. The average Bonchev–Trinajstić information content (AvgIpc) is 3.27. The number of esters is 2. The summed E-state index contributed by atoms with van der Waals surface area (Å²) in [5.74, 6) is -2.31. The Morgan fingerprint density at radius 1 is 0.477 bits per heavy atom. The summed E-state index contributed by atoms with van der Waals surface area (Å²) in [4.78, 5) is 37.1. The summed E-state index contributed by atoms with van der Waals surface area (Å²) in [5.41, 5.74) is 0. The molecule has 0 heterocycles. The Bertz CT molecular complexity index is 1340. The molecule has 372 valence electrons. The highest BCUT2D eigenvalue weighted by Gasteiger charge is 2.21. The van der Waals surface area contributed by atoms with Gasteiger partial charge in [0.15, 0.2) is 12.4 Å². The molecule has 0 radical (unpaired) electrons. The van der Waals surface area contributed by atoms with E-state index in [1.54, 1.807) is 0 Å². The summed E-state index contributed by atoms with van der Waals surface area (Å²) in [5, 5.41) is 11.7. The monoisotopic (exact) mass is 910 g/mol. The first-order valence-corrected chi connectivity index (χ1v) is 25.7. The first kappa shape index (κ1) is 61.5. The summed E-state index contributed by atoms with van der Waals surface area (Å²) >= 11 is 0. The number of carbonyl (C=O) groups is 3. The quantitative estimate of drug-likeness (QED) is 0.0195. The Morgan fingerprint density at radius 3 is 1.31 bits per heavy atom. The lowest BCUT2D eigenvalue weighted by Gasteiger charge is -2.26. The molecule has 0 saturated carbocycles. The maximum absolute atomic E-state index is 12.8. The molecule has 0 aromatic carbocycles. The molecule has 0 aliphatic heterocycles. The van der Waals surface area contributed by atoms with E-state index >= 15 is 0 Å². The van der Waals surface area contributed by atoms with E-state index < -0.39 is 24.3 Å². The van der Waals surface area contributed by atoms with Crippen molar-refractivity contribution in [2.75, 3.05) is 47.5 Å². The molecule has 0 N–H and O–H groups in total. The summed E-state index contributed by atoms with van der Waals surface area (Å²) in [7, 11) is 5.90. The zero-order valence-electron chi connectivity index (χ0n) is 42.1. The maximum Gasteiger partial charge on any atom is 0.306 e. The van der Waals surface area contributed by atoms with Gasteiger partial charge in [0.25, 0.3) is 0 Å². The number of likely N-dealkylation sites (N-methyl/N-ethyl adjacent to an activating group) is 1. The molecule has 0 spiro atoms. The molecule has 9 nitrogen and oxygen atoms in total. The number of aliphatic carboxylic acids is 1. The van der Waals surface area contributed by atoms with Crippen LogP contribution in [0.4, 0.5) is 0 Å². The highest BCUT2D eigenvalue weighted by molar-refractivity contribution is 5.70. The molecule has 9 heteroatoms. The standard InChI is InChI=1S/C56H95NO8/c1-6-8-10-12-14-16-18-19-20-21-22-23-24-25-26-27-28-29-30-31-32-33-34-35-37-39-41-43-45-47-54(59)65-52(51-64-56(55(60)61)62-49-48-57(3,4)5)50-63-53(58)46-44-42-40-38-36-17-15-13-11-9-7-2/h8,10,14,16,19-20,22-23,25-26,28-29,31-32,52,56H,6-7,9,11-13,15,17-18,21,24,27,30,33-51H2,1-5H3/b10-8-,16-14-,20-19-,23-22-,26-25-,29-28-,32-31-. The Balaban J connectivity index is 4.29. The van der Waals surface area contributed by atoms with E-state index in [2.05, 4.69) is 98.9 Å². The lowest BCUT2D eigenvalue weighted by Crippen LogP contribution is -2.44. The van der Waals surface area contributed by atoms with Crippen LogP contribution in [-0.2, 0) is 33.3 Å². The minimum absolute atomic E-state index is 0.142.